The Bertz CT molecular complexity index is 843. The average molecular weight is 429 g/mol. The topological polar surface area (TPSA) is 74.6 Å². The van der Waals surface area contributed by atoms with Crippen LogP contribution in [0.15, 0.2) is 23.8 Å². The van der Waals surface area contributed by atoms with Crippen LogP contribution in [0.1, 0.15) is 40.0 Å². The number of ketones is 2. The number of carbonyl (C=O) groups excluding carboxylic acids is 2. The fraction of sp³-hybridized carbons (Fsp3) is 0.727. The fourth-order valence-electron chi connectivity index (χ4n) is 7.24. The molecule has 0 spiro atoms. The molecule has 4 nitrogen and oxygen atoms in total. The number of halogens is 3. The molecule has 0 saturated heterocycles. The summed E-state index contributed by atoms with van der Waals surface area (Å²) in [7, 11) is 0. The van der Waals surface area contributed by atoms with Crippen molar-refractivity contribution in [3.63, 3.8) is 0 Å². The van der Waals surface area contributed by atoms with Crippen LogP contribution >= 0.6 is 11.6 Å². The standard InChI is InChI=1S/C22H27ClF2O4/c1-11-6-13-14-8-16(24)15-7-12(26)4-5-19(15,2)21(14,25)17(27)9-20(13,3)22(11,29)18(28)10-23/h4-5,7,11,13-14,16-17,27,29H,6,8-10H2,1-3H3/t11?,13?,14?,16?,17?,19-,20-,21-,22-/m0/s1. The lowest BCUT2D eigenvalue weighted by atomic mass is 9.44. The first kappa shape index (κ1) is 21.1. The maximum Gasteiger partial charge on any atom is 0.179 e. The van der Waals surface area contributed by atoms with E-state index >= 15 is 8.78 Å². The third-order valence-corrected chi connectivity index (χ3v) is 9.00. The number of fused-ring (bicyclic) bond motifs is 5. The van der Waals surface area contributed by atoms with Gasteiger partial charge in [-0.05, 0) is 55.7 Å². The van der Waals surface area contributed by atoms with E-state index in [-0.39, 0.29) is 24.3 Å². The Hall–Kier alpha value is -1.11. The predicted molar refractivity (Wildman–Crippen MR) is 104 cm³/mol. The zero-order valence-electron chi connectivity index (χ0n) is 16.8. The number of Topliss-reactive ketones (excluding diaryl/α,β-unsaturated/α-hetero) is 1. The normalized spacial score (nSPS) is 53.7. The Labute approximate surface area is 174 Å². The van der Waals surface area contributed by atoms with Crippen LogP contribution in [-0.4, -0.2) is 51.2 Å². The summed E-state index contributed by atoms with van der Waals surface area (Å²) >= 11 is 5.78. The summed E-state index contributed by atoms with van der Waals surface area (Å²) in [6, 6.07) is 0. The molecule has 3 fully saturated rings. The molecule has 7 heteroatoms. The van der Waals surface area contributed by atoms with Gasteiger partial charge in [-0.3, -0.25) is 9.59 Å². The van der Waals surface area contributed by atoms with Crippen LogP contribution in [0.25, 0.3) is 0 Å². The number of rotatable bonds is 2. The van der Waals surface area contributed by atoms with Crippen molar-refractivity contribution in [1.82, 2.24) is 0 Å². The minimum Gasteiger partial charge on any atom is -0.390 e. The summed E-state index contributed by atoms with van der Waals surface area (Å²) in [5.41, 5.74) is -6.54. The zero-order valence-corrected chi connectivity index (χ0v) is 17.5. The maximum absolute atomic E-state index is 16.9. The predicted octanol–water partition coefficient (Wildman–Crippen LogP) is 3.09. The minimum atomic E-state index is -2.21. The first-order valence-corrected chi connectivity index (χ1v) is 10.7. The molecule has 5 unspecified atom stereocenters. The second-order valence-electron chi connectivity index (χ2n) is 9.82. The van der Waals surface area contributed by atoms with Gasteiger partial charge < -0.3 is 10.2 Å². The lowest BCUT2D eigenvalue weighted by Crippen LogP contribution is -2.70. The number of hydrogen-bond donors (Lipinski definition) is 2. The Morgan fingerprint density at radius 2 is 1.97 bits per heavy atom. The summed E-state index contributed by atoms with van der Waals surface area (Å²) in [6.45, 7) is 4.94. The van der Waals surface area contributed by atoms with Crippen molar-refractivity contribution in [2.24, 2.45) is 28.6 Å². The molecule has 9 atom stereocenters. The van der Waals surface area contributed by atoms with E-state index in [1.165, 1.54) is 19.1 Å². The van der Waals surface area contributed by atoms with E-state index < -0.39 is 63.7 Å². The van der Waals surface area contributed by atoms with Crippen molar-refractivity contribution in [3.8, 4) is 0 Å². The van der Waals surface area contributed by atoms with Gasteiger partial charge in [-0.15, -0.1) is 11.6 Å². The summed E-state index contributed by atoms with van der Waals surface area (Å²) in [4.78, 5) is 24.5. The summed E-state index contributed by atoms with van der Waals surface area (Å²) in [5.74, 6) is -3.24. The van der Waals surface area contributed by atoms with Crippen molar-refractivity contribution in [2.45, 2.75) is 63.6 Å². The van der Waals surface area contributed by atoms with E-state index in [0.29, 0.717) is 6.42 Å². The van der Waals surface area contributed by atoms with Gasteiger partial charge in [-0.2, -0.15) is 0 Å². The monoisotopic (exact) mass is 428 g/mol. The molecule has 4 rings (SSSR count). The van der Waals surface area contributed by atoms with Crippen molar-refractivity contribution >= 4 is 23.2 Å². The molecule has 160 valence electrons. The molecule has 3 saturated carbocycles. The van der Waals surface area contributed by atoms with Crippen LogP contribution in [0.2, 0.25) is 0 Å². The first-order valence-electron chi connectivity index (χ1n) is 10.2. The molecule has 29 heavy (non-hydrogen) atoms. The van der Waals surface area contributed by atoms with Gasteiger partial charge in [-0.1, -0.05) is 19.9 Å². The Kier molecular flexibility index (Phi) is 4.52. The Balaban J connectivity index is 1.87. The molecule has 2 N–H and O–H groups in total. The van der Waals surface area contributed by atoms with Crippen molar-refractivity contribution < 1.29 is 28.6 Å². The molecule has 0 aromatic rings. The molecule has 0 amide bonds. The third-order valence-electron chi connectivity index (χ3n) is 8.76. The smallest absolute Gasteiger partial charge is 0.179 e. The molecule has 0 heterocycles. The molecular weight excluding hydrogens is 402 g/mol. The zero-order chi connectivity index (χ0) is 21.6. The second kappa shape index (κ2) is 6.21. The van der Waals surface area contributed by atoms with Gasteiger partial charge in [0, 0.05) is 16.7 Å². The quantitative estimate of drug-likeness (QED) is 0.663. The molecule has 0 aromatic carbocycles. The summed E-state index contributed by atoms with van der Waals surface area (Å²) in [5, 5.41) is 22.5. The Morgan fingerprint density at radius 1 is 1.31 bits per heavy atom. The van der Waals surface area contributed by atoms with Crippen molar-refractivity contribution in [3.05, 3.63) is 23.8 Å². The van der Waals surface area contributed by atoms with Gasteiger partial charge in [0.2, 0.25) is 0 Å². The number of hydrogen-bond acceptors (Lipinski definition) is 4. The highest BCUT2D eigenvalue weighted by molar-refractivity contribution is 6.29. The van der Waals surface area contributed by atoms with E-state index in [2.05, 4.69) is 0 Å². The van der Waals surface area contributed by atoms with Crippen LogP contribution in [0.3, 0.4) is 0 Å². The molecule has 0 radical (unpaired) electrons. The highest BCUT2D eigenvalue weighted by atomic mass is 35.5. The first-order chi connectivity index (χ1) is 13.4. The highest BCUT2D eigenvalue weighted by Crippen LogP contribution is 2.70. The van der Waals surface area contributed by atoms with Gasteiger partial charge in [-0.25, -0.2) is 8.78 Å². The van der Waals surface area contributed by atoms with Crippen LogP contribution in [0.4, 0.5) is 8.78 Å². The molecule has 4 aliphatic carbocycles. The fourth-order valence-corrected chi connectivity index (χ4v) is 7.44. The average Bonchev–Trinajstić information content (AvgIpc) is 2.86. The van der Waals surface area contributed by atoms with E-state index in [1.807, 2.05) is 0 Å². The number of carbonyl (C=O) groups is 2. The van der Waals surface area contributed by atoms with Crippen molar-refractivity contribution in [2.75, 3.05) is 5.88 Å². The minimum absolute atomic E-state index is 0.0598. The molecular formula is C22H27ClF2O4. The SMILES string of the molecule is CC1CC2C3CC(F)C4=CC(=O)C=C[C@]4(C)[C@@]3(F)C(O)C[C@]2(C)[C@@]1(O)C(=O)CCl. The van der Waals surface area contributed by atoms with E-state index in [0.717, 1.165) is 6.08 Å². The largest absolute Gasteiger partial charge is 0.390 e. The molecule has 0 aliphatic heterocycles. The molecule has 0 aromatic heterocycles. The summed E-state index contributed by atoms with van der Waals surface area (Å²) < 4.78 is 32.1. The summed E-state index contributed by atoms with van der Waals surface area (Å²) in [6.07, 6.45) is 0.674. The van der Waals surface area contributed by atoms with Gasteiger partial charge in [0.1, 0.15) is 11.8 Å². The lowest BCUT2D eigenvalue weighted by molar-refractivity contribution is -0.222. The van der Waals surface area contributed by atoms with E-state index in [9.17, 15) is 19.8 Å². The number of aliphatic hydroxyl groups excluding tert-OH is 1. The Morgan fingerprint density at radius 3 is 2.59 bits per heavy atom. The highest BCUT2D eigenvalue weighted by Gasteiger charge is 2.76. The van der Waals surface area contributed by atoms with Crippen LogP contribution in [0, 0.1) is 28.6 Å². The maximum atomic E-state index is 16.9. The number of alkyl halides is 3. The van der Waals surface area contributed by atoms with Crippen LogP contribution < -0.4 is 0 Å². The van der Waals surface area contributed by atoms with Gasteiger partial charge in [0.25, 0.3) is 0 Å². The van der Waals surface area contributed by atoms with Crippen molar-refractivity contribution in [1.29, 1.82) is 0 Å². The number of allylic oxidation sites excluding steroid dienone is 4. The van der Waals surface area contributed by atoms with Gasteiger partial charge >= 0.3 is 0 Å². The van der Waals surface area contributed by atoms with E-state index in [1.54, 1.807) is 13.8 Å². The molecule has 4 aliphatic rings. The van der Waals surface area contributed by atoms with Gasteiger partial charge in [0.05, 0.1) is 12.0 Å². The van der Waals surface area contributed by atoms with E-state index in [4.69, 9.17) is 11.6 Å². The van der Waals surface area contributed by atoms with Crippen LogP contribution in [0.5, 0.6) is 0 Å². The second-order valence-corrected chi connectivity index (χ2v) is 10.1. The number of aliphatic hydroxyl groups is 2. The lowest BCUT2D eigenvalue weighted by Gasteiger charge is -2.63. The molecule has 0 bridgehead atoms. The third kappa shape index (κ3) is 2.26. The van der Waals surface area contributed by atoms with Crippen LogP contribution in [-0.2, 0) is 9.59 Å². The van der Waals surface area contributed by atoms with Gasteiger partial charge in [0.15, 0.2) is 17.2 Å².